The van der Waals surface area contributed by atoms with Gasteiger partial charge in [-0.05, 0) is 28.3 Å². The first-order valence-electron chi connectivity index (χ1n) is 4.78. The molecule has 0 aliphatic carbocycles. The lowest BCUT2D eigenvalue weighted by Crippen LogP contribution is -2.03. The highest BCUT2D eigenvalue weighted by molar-refractivity contribution is 7.99. The minimum absolute atomic E-state index is 0.0807. The van der Waals surface area contributed by atoms with Crippen molar-refractivity contribution < 1.29 is 14.8 Å². The van der Waals surface area contributed by atoms with Crippen molar-refractivity contribution in [1.29, 1.82) is 0 Å². The summed E-state index contributed by atoms with van der Waals surface area (Å²) in [7, 11) is 1.55. The van der Waals surface area contributed by atoms with E-state index in [1.54, 1.807) is 7.05 Å². The van der Waals surface area contributed by atoms with Gasteiger partial charge in [-0.1, -0.05) is 0 Å². The molecule has 0 saturated carbocycles. The molecule has 0 spiro atoms. The summed E-state index contributed by atoms with van der Waals surface area (Å²) < 4.78 is 1.30. The Morgan fingerprint density at radius 3 is 2.79 bits per heavy atom. The van der Waals surface area contributed by atoms with Gasteiger partial charge in [0.1, 0.15) is 5.69 Å². The van der Waals surface area contributed by atoms with Gasteiger partial charge < -0.3 is 5.11 Å². The standard InChI is InChI=1S/C8H6N6O4S/c1-13-8(10-11-12-13)19-6-5(14(17)18)3-2-4(9-6)7(15)16/h2-3H,1H3,(H,15,16). The SMILES string of the molecule is Cn1nnnc1Sc1nc(C(=O)O)ccc1[N+](=O)[O-]. The lowest BCUT2D eigenvalue weighted by Gasteiger charge is -2.01. The van der Waals surface area contributed by atoms with Crippen LogP contribution in [0.3, 0.4) is 0 Å². The van der Waals surface area contributed by atoms with Gasteiger partial charge in [-0.25, -0.2) is 14.5 Å². The van der Waals surface area contributed by atoms with Crippen LogP contribution in [0.15, 0.2) is 22.3 Å². The second-order valence-electron chi connectivity index (χ2n) is 3.27. The second-order valence-corrected chi connectivity index (χ2v) is 4.23. The first-order valence-corrected chi connectivity index (χ1v) is 5.59. The van der Waals surface area contributed by atoms with E-state index in [4.69, 9.17) is 5.11 Å². The normalized spacial score (nSPS) is 10.4. The third-order valence-corrected chi connectivity index (χ3v) is 3.05. The lowest BCUT2D eigenvalue weighted by atomic mass is 10.3. The van der Waals surface area contributed by atoms with Crippen molar-refractivity contribution in [1.82, 2.24) is 25.2 Å². The van der Waals surface area contributed by atoms with E-state index in [9.17, 15) is 14.9 Å². The fourth-order valence-electron chi connectivity index (χ4n) is 1.16. The Hall–Kier alpha value is -2.56. The molecule has 0 atom stereocenters. The summed E-state index contributed by atoms with van der Waals surface area (Å²) in [5.74, 6) is -1.27. The van der Waals surface area contributed by atoms with Crippen LogP contribution in [0.25, 0.3) is 0 Å². The topological polar surface area (TPSA) is 137 Å². The quantitative estimate of drug-likeness (QED) is 0.622. The first kappa shape index (κ1) is 12.9. The van der Waals surface area contributed by atoms with Crippen LogP contribution < -0.4 is 0 Å². The minimum Gasteiger partial charge on any atom is -0.477 e. The van der Waals surface area contributed by atoms with Crippen molar-refractivity contribution in [3.8, 4) is 0 Å². The van der Waals surface area contributed by atoms with Crippen LogP contribution >= 0.6 is 11.8 Å². The molecule has 0 radical (unpaired) electrons. The van der Waals surface area contributed by atoms with Gasteiger partial charge in [-0.15, -0.1) is 5.10 Å². The molecule has 19 heavy (non-hydrogen) atoms. The van der Waals surface area contributed by atoms with Gasteiger partial charge in [0.25, 0.3) is 0 Å². The van der Waals surface area contributed by atoms with E-state index in [2.05, 4.69) is 20.5 Å². The number of carboxylic acids is 1. The molecule has 11 heteroatoms. The van der Waals surface area contributed by atoms with Crippen molar-refractivity contribution in [2.75, 3.05) is 0 Å². The Bertz CT molecular complexity index is 656. The fourth-order valence-corrected chi connectivity index (χ4v) is 1.97. The van der Waals surface area contributed by atoms with Crippen molar-refractivity contribution in [3.05, 3.63) is 27.9 Å². The molecule has 0 saturated heterocycles. The molecule has 0 aromatic carbocycles. The summed E-state index contributed by atoms with van der Waals surface area (Å²) in [5.41, 5.74) is -0.596. The summed E-state index contributed by atoms with van der Waals surface area (Å²) in [6.45, 7) is 0. The maximum absolute atomic E-state index is 10.9. The van der Waals surface area contributed by atoms with E-state index in [0.29, 0.717) is 0 Å². The van der Waals surface area contributed by atoms with E-state index >= 15 is 0 Å². The number of pyridine rings is 1. The van der Waals surface area contributed by atoms with Crippen molar-refractivity contribution >= 4 is 23.4 Å². The zero-order valence-electron chi connectivity index (χ0n) is 9.42. The van der Waals surface area contributed by atoms with Crippen LogP contribution in [0, 0.1) is 10.1 Å². The zero-order chi connectivity index (χ0) is 14.0. The van der Waals surface area contributed by atoms with E-state index in [1.807, 2.05) is 0 Å². The summed E-state index contributed by atoms with van der Waals surface area (Å²) >= 11 is 0.818. The number of rotatable bonds is 4. The Kier molecular flexibility index (Phi) is 3.37. The number of aryl methyl sites for hydroxylation is 1. The predicted octanol–water partition coefficient (Wildman–Crippen LogP) is 0.363. The van der Waals surface area contributed by atoms with Crippen molar-refractivity contribution in [3.63, 3.8) is 0 Å². The molecule has 0 bridgehead atoms. The van der Waals surface area contributed by atoms with Gasteiger partial charge >= 0.3 is 11.7 Å². The summed E-state index contributed by atoms with van der Waals surface area (Å²) in [5, 5.41) is 30.5. The molecule has 2 aromatic heterocycles. The number of aromatic carboxylic acids is 1. The van der Waals surface area contributed by atoms with Gasteiger partial charge in [-0.3, -0.25) is 10.1 Å². The van der Waals surface area contributed by atoms with Crippen LogP contribution in [0.2, 0.25) is 0 Å². The molecule has 1 N–H and O–H groups in total. The van der Waals surface area contributed by atoms with Gasteiger partial charge in [0.2, 0.25) is 5.16 Å². The van der Waals surface area contributed by atoms with Gasteiger partial charge in [0.05, 0.1) is 4.92 Å². The zero-order valence-corrected chi connectivity index (χ0v) is 10.2. The van der Waals surface area contributed by atoms with Crippen molar-refractivity contribution in [2.24, 2.45) is 7.05 Å². The molecule has 2 rings (SSSR count). The second kappa shape index (κ2) is 4.97. The van der Waals surface area contributed by atoms with Gasteiger partial charge in [0.15, 0.2) is 5.03 Å². The van der Waals surface area contributed by atoms with Crippen LogP contribution in [-0.2, 0) is 7.05 Å². The third kappa shape index (κ3) is 2.65. The van der Waals surface area contributed by atoms with E-state index < -0.39 is 10.9 Å². The lowest BCUT2D eigenvalue weighted by molar-refractivity contribution is -0.388. The van der Waals surface area contributed by atoms with Gasteiger partial charge in [0, 0.05) is 13.1 Å². The first-order chi connectivity index (χ1) is 8.99. The maximum atomic E-state index is 10.9. The highest BCUT2D eigenvalue weighted by Gasteiger charge is 2.21. The molecular formula is C8H6N6O4S. The molecule has 98 valence electrons. The van der Waals surface area contributed by atoms with E-state index in [0.717, 1.165) is 23.9 Å². The third-order valence-electron chi connectivity index (χ3n) is 2.03. The smallest absolute Gasteiger partial charge is 0.354 e. The number of hydrogen-bond acceptors (Lipinski definition) is 8. The van der Waals surface area contributed by atoms with Crippen LogP contribution in [0.5, 0.6) is 0 Å². The van der Waals surface area contributed by atoms with Crippen LogP contribution in [0.4, 0.5) is 5.69 Å². The highest BCUT2D eigenvalue weighted by Crippen LogP contribution is 2.31. The maximum Gasteiger partial charge on any atom is 0.354 e. The number of carbonyl (C=O) groups is 1. The van der Waals surface area contributed by atoms with E-state index in [1.165, 1.54) is 4.68 Å². The Morgan fingerprint density at radius 1 is 1.53 bits per heavy atom. The molecule has 0 amide bonds. The monoisotopic (exact) mass is 282 g/mol. The van der Waals surface area contributed by atoms with Crippen molar-refractivity contribution in [2.45, 2.75) is 10.2 Å². The molecular weight excluding hydrogens is 276 g/mol. The van der Waals surface area contributed by atoms with Crippen LogP contribution in [-0.4, -0.2) is 41.2 Å². The largest absolute Gasteiger partial charge is 0.477 e. The molecule has 0 aliphatic rings. The average molecular weight is 282 g/mol. The minimum atomic E-state index is -1.27. The molecule has 10 nitrogen and oxygen atoms in total. The number of hydrogen-bond donors (Lipinski definition) is 1. The summed E-state index contributed by atoms with van der Waals surface area (Å²) in [4.78, 5) is 24.8. The molecule has 2 heterocycles. The fraction of sp³-hybridized carbons (Fsp3) is 0.125. The number of nitro groups is 1. The average Bonchev–Trinajstić information content (AvgIpc) is 2.74. The molecule has 0 unspecified atom stereocenters. The molecule has 2 aromatic rings. The summed E-state index contributed by atoms with van der Waals surface area (Å²) in [6.07, 6.45) is 0. The number of carboxylic acid groups (broad SMARTS) is 1. The van der Waals surface area contributed by atoms with Gasteiger partial charge in [-0.2, -0.15) is 0 Å². The predicted molar refractivity (Wildman–Crippen MR) is 60.8 cm³/mol. The highest BCUT2D eigenvalue weighted by atomic mass is 32.2. The van der Waals surface area contributed by atoms with E-state index in [-0.39, 0.29) is 21.6 Å². The number of aromatic nitrogens is 5. The summed E-state index contributed by atoms with van der Waals surface area (Å²) in [6, 6.07) is 2.15. The Morgan fingerprint density at radius 2 is 2.26 bits per heavy atom. The molecule has 0 fully saturated rings. The van der Waals surface area contributed by atoms with Crippen LogP contribution in [0.1, 0.15) is 10.5 Å². The number of tetrazole rings is 1. The number of nitrogens with zero attached hydrogens (tertiary/aromatic N) is 6. The Labute approximate surface area is 109 Å². The Balaban J connectivity index is 2.46. The molecule has 0 aliphatic heterocycles.